The van der Waals surface area contributed by atoms with Crippen LogP contribution >= 0.6 is 0 Å². The van der Waals surface area contributed by atoms with E-state index in [1.54, 1.807) is 18.9 Å². The van der Waals surface area contributed by atoms with E-state index < -0.39 is 0 Å². The fourth-order valence-electron chi connectivity index (χ4n) is 3.10. The zero-order valence-electron chi connectivity index (χ0n) is 13.4. The van der Waals surface area contributed by atoms with Crippen molar-refractivity contribution in [1.82, 2.24) is 25.0 Å². The molecule has 7 heteroatoms. The van der Waals surface area contributed by atoms with Gasteiger partial charge in [0, 0.05) is 6.04 Å². The number of hydrogen-bond acceptors (Lipinski definition) is 5. The summed E-state index contributed by atoms with van der Waals surface area (Å²) in [6.45, 7) is 4.06. The monoisotopic (exact) mass is 317 g/mol. The number of carbonyl (C=O) groups excluding carboxylic acids is 1. The minimum Gasteiger partial charge on any atom is -0.467 e. The van der Waals surface area contributed by atoms with Crippen LogP contribution < -0.4 is 5.32 Å². The van der Waals surface area contributed by atoms with Gasteiger partial charge in [-0.3, -0.25) is 14.4 Å². The van der Waals surface area contributed by atoms with Crippen molar-refractivity contribution < 1.29 is 9.21 Å². The van der Waals surface area contributed by atoms with Crippen LogP contribution in [0.25, 0.3) is 0 Å². The van der Waals surface area contributed by atoms with E-state index in [0.29, 0.717) is 12.6 Å². The van der Waals surface area contributed by atoms with Crippen LogP contribution in [0.3, 0.4) is 0 Å². The molecule has 1 saturated heterocycles. The molecule has 7 nitrogen and oxygen atoms in total. The standard InChI is InChI=1S/C16H23N5O2/c1-13(15-6-4-8-23-15)19-16(22)10-20-7-3-2-5-14(20)9-21-12-17-11-18-21/h4,6,8,11-14H,2-3,5,7,9-10H2,1H3,(H,19,22)/t13-,14-/m0/s1. The number of likely N-dealkylation sites (tertiary alicyclic amines) is 1. The third-order valence-corrected chi connectivity index (χ3v) is 4.31. The van der Waals surface area contributed by atoms with Crippen LogP contribution in [0.4, 0.5) is 0 Å². The Morgan fingerprint density at radius 1 is 1.52 bits per heavy atom. The molecule has 0 aromatic carbocycles. The van der Waals surface area contributed by atoms with Gasteiger partial charge < -0.3 is 9.73 Å². The first-order valence-corrected chi connectivity index (χ1v) is 8.11. The second kappa shape index (κ2) is 7.41. The summed E-state index contributed by atoms with van der Waals surface area (Å²) in [6.07, 6.45) is 8.31. The minimum atomic E-state index is -0.115. The molecule has 0 unspecified atom stereocenters. The van der Waals surface area contributed by atoms with Crippen molar-refractivity contribution in [2.45, 2.75) is 44.8 Å². The van der Waals surface area contributed by atoms with Crippen LogP contribution in [0.5, 0.6) is 0 Å². The minimum absolute atomic E-state index is 0.0272. The largest absolute Gasteiger partial charge is 0.467 e. The molecule has 0 aliphatic carbocycles. The Kier molecular flexibility index (Phi) is 5.07. The molecule has 0 spiro atoms. The van der Waals surface area contributed by atoms with Crippen LogP contribution in [0.2, 0.25) is 0 Å². The molecule has 3 rings (SSSR count). The van der Waals surface area contributed by atoms with Crippen LogP contribution in [0.1, 0.15) is 38.0 Å². The molecule has 0 radical (unpaired) electrons. The molecule has 1 fully saturated rings. The molecule has 1 aliphatic heterocycles. The second-order valence-corrected chi connectivity index (χ2v) is 6.04. The predicted molar refractivity (Wildman–Crippen MR) is 84.5 cm³/mol. The van der Waals surface area contributed by atoms with Gasteiger partial charge in [0.05, 0.1) is 25.4 Å². The summed E-state index contributed by atoms with van der Waals surface area (Å²) in [4.78, 5) is 18.6. The fourth-order valence-corrected chi connectivity index (χ4v) is 3.10. The van der Waals surface area contributed by atoms with Gasteiger partial charge >= 0.3 is 0 Å². The van der Waals surface area contributed by atoms with Crippen LogP contribution in [-0.4, -0.2) is 44.7 Å². The van der Waals surface area contributed by atoms with E-state index in [1.807, 2.05) is 23.7 Å². The maximum absolute atomic E-state index is 12.3. The van der Waals surface area contributed by atoms with Crippen molar-refractivity contribution >= 4 is 5.91 Å². The van der Waals surface area contributed by atoms with Crippen LogP contribution in [-0.2, 0) is 11.3 Å². The number of furan rings is 1. The Hall–Kier alpha value is -2.15. The van der Waals surface area contributed by atoms with Gasteiger partial charge in [-0.15, -0.1) is 0 Å². The average molecular weight is 317 g/mol. The highest BCUT2D eigenvalue weighted by atomic mass is 16.3. The van der Waals surface area contributed by atoms with Crippen molar-refractivity contribution in [3.8, 4) is 0 Å². The van der Waals surface area contributed by atoms with Gasteiger partial charge in [0.25, 0.3) is 0 Å². The molecule has 2 aromatic heterocycles. The lowest BCUT2D eigenvalue weighted by Gasteiger charge is -2.35. The normalized spacial score (nSPS) is 20.3. The molecule has 2 atom stereocenters. The summed E-state index contributed by atoms with van der Waals surface area (Å²) in [6, 6.07) is 3.92. The first-order valence-electron chi connectivity index (χ1n) is 8.11. The predicted octanol–water partition coefficient (Wildman–Crippen LogP) is 1.60. The molecule has 1 aliphatic rings. The summed E-state index contributed by atoms with van der Waals surface area (Å²) >= 11 is 0. The summed E-state index contributed by atoms with van der Waals surface area (Å²) in [5.41, 5.74) is 0. The average Bonchev–Trinajstić information content (AvgIpc) is 3.22. The first kappa shape index (κ1) is 15.7. The van der Waals surface area contributed by atoms with Gasteiger partial charge in [0.1, 0.15) is 18.4 Å². The molecule has 124 valence electrons. The molecule has 1 amide bonds. The lowest BCUT2D eigenvalue weighted by Crippen LogP contribution is -2.47. The maximum Gasteiger partial charge on any atom is 0.234 e. The molecule has 1 N–H and O–H groups in total. The van der Waals surface area contributed by atoms with Gasteiger partial charge in [-0.25, -0.2) is 4.98 Å². The zero-order chi connectivity index (χ0) is 16.1. The lowest BCUT2D eigenvalue weighted by atomic mass is 10.0. The van der Waals surface area contributed by atoms with Gasteiger partial charge in [-0.2, -0.15) is 5.10 Å². The number of aromatic nitrogens is 3. The first-order chi connectivity index (χ1) is 11.2. The van der Waals surface area contributed by atoms with E-state index in [2.05, 4.69) is 20.3 Å². The number of rotatable bonds is 6. The van der Waals surface area contributed by atoms with Crippen molar-refractivity contribution in [2.75, 3.05) is 13.1 Å². The van der Waals surface area contributed by atoms with Crippen molar-refractivity contribution in [1.29, 1.82) is 0 Å². The number of amides is 1. The van der Waals surface area contributed by atoms with E-state index >= 15 is 0 Å². The third kappa shape index (κ3) is 4.19. The number of piperidine rings is 1. The Morgan fingerprint density at radius 3 is 3.17 bits per heavy atom. The van der Waals surface area contributed by atoms with Crippen LogP contribution in [0, 0.1) is 0 Å². The number of carbonyl (C=O) groups is 1. The van der Waals surface area contributed by atoms with E-state index in [4.69, 9.17) is 4.42 Å². The maximum atomic E-state index is 12.3. The van der Waals surface area contributed by atoms with E-state index in [9.17, 15) is 4.79 Å². The highest BCUT2D eigenvalue weighted by molar-refractivity contribution is 5.78. The quantitative estimate of drug-likeness (QED) is 0.876. The van der Waals surface area contributed by atoms with E-state index in [-0.39, 0.29) is 11.9 Å². The van der Waals surface area contributed by atoms with Crippen molar-refractivity contribution in [3.63, 3.8) is 0 Å². The van der Waals surface area contributed by atoms with E-state index in [0.717, 1.165) is 31.7 Å². The summed E-state index contributed by atoms with van der Waals surface area (Å²) in [5.74, 6) is 0.801. The molecule has 23 heavy (non-hydrogen) atoms. The lowest BCUT2D eigenvalue weighted by molar-refractivity contribution is -0.124. The molecular formula is C16H23N5O2. The number of hydrogen-bond donors (Lipinski definition) is 1. The Morgan fingerprint density at radius 2 is 2.43 bits per heavy atom. The fraction of sp³-hybridized carbons (Fsp3) is 0.562. The van der Waals surface area contributed by atoms with E-state index in [1.165, 1.54) is 6.42 Å². The Balaban J connectivity index is 1.54. The second-order valence-electron chi connectivity index (χ2n) is 6.04. The molecule has 0 bridgehead atoms. The highest BCUT2D eigenvalue weighted by Crippen LogP contribution is 2.18. The Labute approximate surface area is 135 Å². The summed E-state index contributed by atoms with van der Waals surface area (Å²) in [5, 5.41) is 7.17. The highest BCUT2D eigenvalue weighted by Gasteiger charge is 2.25. The van der Waals surface area contributed by atoms with Gasteiger partial charge in [-0.1, -0.05) is 6.42 Å². The molecule has 0 saturated carbocycles. The zero-order valence-corrected chi connectivity index (χ0v) is 13.4. The third-order valence-electron chi connectivity index (χ3n) is 4.31. The summed E-state index contributed by atoms with van der Waals surface area (Å²) < 4.78 is 7.17. The van der Waals surface area contributed by atoms with Gasteiger partial charge in [0.15, 0.2) is 0 Å². The SMILES string of the molecule is C[C@H](NC(=O)CN1CCCC[C@H]1Cn1cncn1)c1ccco1. The number of nitrogens with zero attached hydrogens (tertiary/aromatic N) is 4. The van der Waals surface area contributed by atoms with Crippen molar-refractivity contribution in [3.05, 3.63) is 36.8 Å². The molecule has 3 heterocycles. The van der Waals surface area contributed by atoms with Gasteiger partial charge in [0.2, 0.25) is 5.91 Å². The molecular weight excluding hydrogens is 294 g/mol. The number of nitrogens with one attached hydrogen (secondary N) is 1. The van der Waals surface area contributed by atoms with Gasteiger partial charge in [-0.05, 0) is 38.4 Å². The topological polar surface area (TPSA) is 76.2 Å². The van der Waals surface area contributed by atoms with Crippen molar-refractivity contribution in [2.24, 2.45) is 0 Å². The Bertz CT molecular complexity index is 596. The van der Waals surface area contributed by atoms with Crippen LogP contribution in [0.15, 0.2) is 35.5 Å². The molecule has 2 aromatic rings. The summed E-state index contributed by atoms with van der Waals surface area (Å²) in [7, 11) is 0. The smallest absolute Gasteiger partial charge is 0.234 e.